The fraction of sp³-hybridized carbons (Fsp3) is 0.250. The number of pyridine rings is 1. The Morgan fingerprint density at radius 3 is 2.77 bits per heavy atom. The van der Waals surface area contributed by atoms with Crippen LogP contribution in [0.3, 0.4) is 0 Å². The summed E-state index contributed by atoms with van der Waals surface area (Å²) in [5, 5.41) is 7.50. The molecule has 1 aliphatic carbocycles. The fourth-order valence-electron chi connectivity index (χ4n) is 4.17. The van der Waals surface area contributed by atoms with Crippen LogP contribution in [-0.2, 0) is 17.6 Å². The molecule has 1 atom stereocenters. The molecule has 1 aliphatic rings. The molecule has 1 amide bonds. The molecule has 1 unspecified atom stereocenters. The van der Waals surface area contributed by atoms with Crippen LogP contribution in [0.4, 0.5) is 5.82 Å². The van der Waals surface area contributed by atoms with Gasteiger partial charge in [-0.2, -0.15) is 5.10 Å². The molecule has 3 heterocycles. The Labute approximate surface area is 179 Å². The summed E-state index contributed by atoms with van der Waals surface area (Å²) in [5.74, 6) is 0.268. The number of aryl methyl sites for hydroxylation is 3. The van der Waals surface area contributed by atoms with Crippen molar-refractivity contribution in [3.8, 4) is 11.3 Å². The van der Waals surface area contributed by atoms with Crippen LogP contribution in [0.25, 0.3) is 16.9 Å². The minimum atomic E-state index is -0.752. The molecule has 0 aliphatic heterocycles. The van der Waals surface area contributed by atoms with E-state index in [1.807, 2.05) is 60.0 Å². The minimum absolute atomic E-state index is 0.249. The monoisotopic (exact) mass is 413 g/mol. The lowest BCUT2D eigenvalue weighted by Gasteiger charge is -2.16. The van der Waals surface area contributed by atoms with Crippen LogP contribution in [0.1, 0.15) is 36.2 Å². The number of rotatable bonds is 4. The SMILES string of the molecule is Cc1ccccc1-c1nc2ccccn2c1NC(=O)C(C)n1nc2c(cc1=O)CCC2. The van der Waals surface area contributed by atoms with Gasteiger partial charge in [0.25, 0.3) is 5.56 Å². The fourth-order valence-corrected chi connectivity index (χ4v) is 4.17. The number of imidazole rings is 1. The largest absolute Gasteiger partial charge is 0.308 e. The normalized spacial score (nSPS) is 13.9. The number of nitrogens with zero attached hydrogens (tertiary/aromatic N) is 4. The standard InChI is InChI=1S/C24H23N5O2/c1-15-8-3-4-10-18(15)22-23(28-13-6-5-12-20(28)25-22)26-24(31)16(2)29-21(30)14-17-9-7-11-19(17)27-29/h3-6,8,10,12-14,16H,7,9,11H2,1-2H3,(H,26,31). The van der Waals surface area contributed by atoms with E-state index in [2.05, 4.69) is 10.4 Å². The highest BCUT2D eigenvalue weighted by Gasteiger charge is 2.24. The van der Waals surface area contributed by atoms with Gasteiger partial charge in [-0.1, -0.05) is 30.3 Å². The van der Waals surface area contributed by atoms with Gasteiger partial charge in [-0.3, -0.25) is 14.0 Å². The Morgan fingerprint density at radius 2 is 1.94 bits per heavy atom. The molecule has 7 heteroatoms. The second-order valence-electron chi connectivity index (χ2n) is 7.97. The summed E-state index contributed by atoms with van der Waals surface area (Å²) in [6, 6.07) is 14.5. The lowest BCUT2D eigenvalue weighted by Crippen LogP contribution is -2.34. The topological polar surface area (TPSA) is 81.3 Å². The van der Waals surface area contributed by atoms with Crippen molar-refractivity contribution in [1.82, 2.24) is 19.2 Å². The van der Waals surface area contributed by atoms with E-state index in [9.17, 15) is 9.59 Å². The third-order valence-corrected chi connectivity index (χ3v) is 5.90. The first-order valence-corrected chi connectivity index (χ1v) is 10.5. The van der Waals surface area contributed by atoms with Crippen molar-refractivity contribution in [1.29, 1.82) is 0 Å². The lowest BCUT2D eigenvalue weighted by molar-refractivity contribution is -0.119. The molecule has 31 heavy (non-hydrogen) atoms. The van der Waals surface area contributed by atoms with Crippen molar-refractivity contribution in [2.75, 3.05) is 5.32 Å². The average Bonchev–Trinajstić information content (AvgIpc) is 3.37. The maximum atomic E-state index is 13.2. The molecule has 3 aromatic heterocycles. The average molecular weight is 413 g/mol. The Morgan fingerprint density at radius 1 is 1.13 bits per heavy atom. The van der Waals surface area contributed by atoms with Crippen molar-refractivity contribution in [3.05, 3.63) is 81.9 Å². The molecule has 1 aromatic carbocycles. The van der Waals surface area contributed by atoms with Crippen LogP contribution in [-0.4, -0.2) is 25.1 Å². The quantitative estimate of drug-likeness (QED) is 0.555. The van der Waals surface area contributed by atoms with E-state index in [1.165, 1.54) is 4.68 Å². The summed E-state index contributed by atoms with van der Waals surface area (Å²) >= 11 is 0. The molecule has 0 spiro atoms. The number of nitrogens with one attached hydrogen (secondary N) is 1. The molecule has 7 nitrogen and oxygen atoms in total. The number of benzene rings is 1. The van der Waals surface area contributed by atoms with Gasteiger partial charge in [0.2, 0.25) is 5.91 Å². The van der Waals surface area contributed by atoms with Gasteiger partial charge < -0.3 is 5.32 Å². The zero-order chi connectivity index (χ0) is 21.5. The van der Waals surface area contributed by atoms with E-state index < -0.39 is 6.04 Å². The zero-order valence-corrected chi connectivity index (χ0v) is 17.5. The number of fused-ring (bicyclic) bond motifs is 2. The van der Waals surface area contributed by atoms with Crippen LogP contribution in [0, 0.1) is 6.92 Å². The van der Waals surface area contributed by atoms with Gasteiger partial charge in [0.1, 0.15) is 23.2 Å². The van der Waals surface area contributed by atoms with Crippen molar-refractivity contribution in [3.63, 3.8) is 0 Å². The van der Waals surface area contributed by atoms with Crippen LogP contribution in [0.15, 0.2) is 59.5 Å². The maximum absolute atomic E-state index is 13.2. The molecule has 0 saturated carbocycles. The van der Waals surface area contributed by atoms with Crippen LogP contribution in [0.2, 0.25) is 0 Å². The number of carbonyl (C=O) groups is 1. The van der Waals surface area contributed by atoms with E-state index in [4.69, 9.17) is 4.98 Å². The number of hydrogen-bond donors (Lipinski definition) is 1. The van der Waals surface area contributed by atoms with Gasteiger partial charge in [0.15, 0.2) is 0 Å². The number of amides is 1. The van der Waals surface area contributed by atoms with Gasteiger partial charge in [0, 0.05) is 17.8 Å². The van der Waals surface area contributed by atoms with Gasteiger partial charge in [0.05, 0.1) is 5.69 Å². The molecule has 0 saturated heterocycles. The molecule has 5 rings (SSSR count). The first-order valence-electron chi connectivity index (χ1n) is 10.5. The van der Waals surface area contributed by atoms with E-state index >= 15 is 0 Å². The third-order valence-electron chi connectivity index (χ3n) is 5.90. The number of carbonyl (C=O) groups excluding carboxylic acids is 1. The highest BCUT2D eigenvalue weighted by atomic mass is 16.2. The van der Waals surface area contributed by atoms with Crippen LogP contribution >= 0.6 is 0 Å². The molecule has 0 bridgehead atoms. The summed E-state index contributed by atoms with van der Waals surface area (Å²) in [5.41, 5.74) is 5.09. The summed E-state index contributed by atoms with van der Waals surface area (Å²) in [6.45, 7) is 3.71. The predicted molar refractivity (Wildman–Crippen MR) is 119 cm³/mol. The Bertz CT molecular complexity index is 1370. The van der Waals surface area contributed by atoms with Gasteiger partial charge >= 0.3 is 0 Å². The van der Waals surface area contributed by atoms with E-state index in [1.54, 1.807) is 13.0 Å². The van der Waals surface area contributed by atoms with Crippen LogP contribution in [0.5, 0.6) is 0 Å². The summed E-state index contributed by atoms with van der Waals surface area (Å²) < 4.78 is 3.14. The Kier molecular flexibility index (Phi) is 4.66. The van der Waals surface area contributed by atoms with E-state index in [0.717, 1.165) is 47.3 Å². The minimum Gasteiger partial charge on any atom is -0.308 e. The lowest BCUT2D eigenvalue weighted by atomic mass is 10.1. The number of hydrogen-bond acceptors (Lipinski definition) is 4. The first-order chi connectivity index (χ1) is 15.0. The van der Waals surface area contributed by atoms with Gasteiger partial charge in [-0.15, -0.1) is 0 Å². The molecular formula is C24H23N5O2. The van der Waals surface area contributed by atoms with E-state index in [-0.39, 0.29) is 11.5 Å². The highest BCUT2D eigenvalue weighted by Crippen LogP contribution is 2.31. The maximum Gasteiger partial charge on any atom is 0.267 e. The molecule has 1 N–H and O–H groups in total. The second kappa shape index (κ2) is 7.50. The number of aromatic nitrogens is 4. The second-order valence-corrected chi connectivity index (χ2v) is 7.97. The van der Waals surface area contributed by atoms with Crippen molar-refractivity contribution < 1.29 is 4.79 Å². The molecule has 4 aromatic rings. The van der Waals surface area contributed by atoms with Crippen molar-refractivity contribution >= 4 is 17.4 Å². The zero-order valence-electron chi connectivity index (χ0n) is 17.5. The highest BCUT2D eigenvalue weighted by molar-refractivity contribution is 5.97. The van der Waals surface area contributed by atoms with Gasteiger partial charge in [-0.05, 0) is 56.4 Å². The van der Waals surface area contributed by atoms with Crippen molar-refractivity contribution in [2.24, 2.45) is 0 Å². The third kappa shape index (κ3) is 3.32. The summed E-state index contributed by atoms with van der Waals surface area (Å²) in [4.78, 5) is 30.6. The number of anilines is 1. The molecule has 0 fully saturated rings. The van der Waals surface area contributed by atoms with E-state index in [0.29, 0.717) is 11.5 Å². The summed E-state index contributed by atoms with van der Waals surface area (Å²) in [7, 11) is 0. The molecular weight excluding hydrogens is 390 g/mol. The van der Waals surface area contributed by atoms with Crippen molar-refractivity contribution in [2.45, 2.75) is 39.2 Å². The van der Waals surface area contributed by atoms with Crippen LogP contribution < -0.4 is 10.9 Å². The van der Waals surface area contributed by atoms with Gasteiger partial charge in [-0.25, -0.2) is 9.67 Å². The molecule has 156 valence electrons. The predicted octanol–water partition coefficient (Wildman–Crippen LogP) is 3.55. The Hall–Kier alpha value is -3.74. The first kappa shape index (κ1) is 19.2. The smallest absolute Gasteiger partial charge is 0.267 e. The molecule has 0 radical (unpaired) electrons. The summed E-state index contributed by atoms with van der Waals surface area (Å²) in [6.07, 6.45) is 4.58. The Balaban J connectivity index is 1.55.